The first-order chi connectivity index (χ1) is 12.2. The number of hydrogen-bond acceptors (Lipinski definition) is 5. The van der Waals surface area contributed by atoms with Gasteiger partial charge in [-0.3, -0.25) is 4.99 Å². The number of benzene rings is 1. The molecular weight excluding hydrogens is 320 g/mol. The number of methoxy groups -OCH3 is 1. The molecular formula is C18H30N4O3. The lowest BCUT2D eigenvalue weighted by Gasteiger charge is -2.17. The van der Waals surface area contributed by atoms with Crippen LogP contribution in [0.2, 0.25) is 0 Å². The van der Waals surface area contributed by atoms with Crippen LogP contribution >= 0.6 is 0 Å². The Hall–Kier alpha value is -1.99. The minimum atomic E-state index is 0.314. The number of hydrogen-bond donors (Lipinski definition) is 2. The first-order valence-corrected chi connectivity index (χ1v) is 8.73. The Morgan fingerprint density at radius 2 is 2.00 bits per heavy atom. The van der Waals surface area contributed by atoms with E-state index in [1.807, 2.05) is 12.1 Å². The zero-order valence-electron chi connectivity index (χ0n) is 15.5. The summed E-state index contributed by atoms with van der Waals surface area (Å²) in [5.74, 6) is 2.49. The smallest absolute Gasteiger partial charge is 0.231 e. The number of ether oxygens (including phenoxy) is 3. The van der Waals surface area contributed by atoms with Crippen molar-refractivity contribution in [2.75, 3.05) is 60.8 Å². The molecule has 1 aromatic rings. The Balaban J connectivity index is 1.60. The van der Waals surface area contributed by atoms with Gasteiger partial charge in [-0.25, -0.2) is 0 Å². The second kappa shape index (κ2) is 10.8. The first kappa shape index (κ1) is 19.3. The Bertz CT molecular complexity index is 551. The molecule has 0 saturated heterocycles. The molecule has 0 bridgehead atoms. The molecule has 0 amide bonds. The summed E-state index contributed by atoms with van der Waals surface area (Å²) in [6.07, 6.45) is 1.96. The van der Waals surface area contributed by atoms with Crippen molar-refractivity contribution in [3.63, 3.8) is 0 Å². The number of nitrogens with one attached hydrogen (secondary N) is 2. The highest BCUT2D eigenvalue weighted by atomic mass is 16.7. The zero-order valence-corrected chi connectivity index (χ0v) is 15.5. The molecule has 0 unspecified atom stereocenters. The fraction of sp³-hybridized carbons (Fsp3) is 0.611. The van der Waals surface area contributed by atoms with Gasteiger partial charge in [0.25, 0.3) is 0 Å². The van der Waals surface area contributed by atoms with Gasteiger partial charge in [-0.15, -0.1) is 0 Å². The molecule has 7 nitrogen and oxygen atoms in total. The Morgan fingerprint density at radius 1 is 1.20 bits per heavy atom. The summed E-state index contributed by atoms with van der Waals surface area (Å²) in [7, 11) is 5.63. The van der Waals surface area contributed by atoms with E-state index in [1.54, 1.807) is 14.2 Å². The van der Waals surface area contributed by atoms with Crippen LogP contribution in [0.15, 0.2) is 23.2 Å². The summed E-state index contributed by atoms with van der Waals surface area (Å²) < 4.78 is 15.8. The van der Waals surface area contributed by atoms with Crippen molar-refractivity contribution in [3.8, 4) is 11.5 Å². The molecule has 2 N–H and O–H groups in total. The maximum Gasteiger partial charge on any atom is 0.231 e. The van der Waals surface area contributed by atoms with Crippen LogP contribution in [0.1, 0.15) is 12.0 Å². The Labute approximate surface area is 150 Å². The lowest BCUT2D eigenvalue weighted by atomic mass is 10.1. The third-order valence-electron chi connectivity index (χ3n) is 4.05. The molecule has 1 aliphatic heterocycles. The fourth-order valence-corrected chi connectivity index (χ4v) is 2.56. The van der Waals surface area contributed by atoms with E-state index in [9.17, 15) is 0 Å². The van der Waals surface area contributed by atoms with Gasteiger partial charge in [0.2, 0.25) is 6.79 Å². The van der Waals surface area contributed by atoms with E-state index in [4.69, 9.17) is 14.2 Å². The summed E-state index contributed by atoms with van der Waals surface area (Å²) in [5, 5.41) is 6.69. The largest absolute Gasteiger partial charge is 0.454 e. The number of aliphatic imine (C=N–C) groups is 1. The molecule has 1 heterocycles. The summed E-state index contributed by atoms with van der Waals surface area (Å²) in [4.78, 5) is 6.52. The molecule has 25 heavy (non-hydrogen) atoms. The van der Waals surface area contributed by atoms with Crippen LogP contribution < -0.4 is 20.1 Å². The van der Waals surface area contributed by atoms with E-state index in [0.717, 1.165) is 63.1 Å². The molecule has 0 spiro atoms. The average Bonchev–Trinajstić information content (AvgIpc) is 3.09. The topological polar surface area (TPSA) is 67.4 Å². The molecule has 1 aliphatic rings. The van der Waals surface area contributed by atoms with Gasteiger partial charge in [0.05, 0.1) is 6.61 Å². The SMILES string of the molecule is CN=C(NCCCN(C)CCOC)NCCc1ccc2c(c1)OCO2. The summed E-state index contributed by atoms with van der Waals surface area (Å²) >= 11 is 0. The van der Waals surface area contributed by atoms with E-state index < -0.39 is 0 Å². The van der Waals surface area contributed by atoms with Crippen molar-refractivity contribution in [1.82, 2.24) is 15.5 Å². The van der Waals surface area contributed by atoms with Crippen LogP contribution in [-0.4, -0.2) is 71.6 Å². The second-order valence-corrected chi connectivity index (χ2v) is 6.01. The minimum absolute atomic E-state index is 0.314. The maximum atomic E-state index is 5.41. The van der Waals surface area contributed by atoms with E-state index in [2.05, 4.69) is 33.6 Å². The molecule has 0 saturated carbocycles. The lowest BCUT2D eigenvalue weighted by Crippen LogP contribution is -2.39. The van der Waals surface area contributed by atoms with Gasteiger partial charge in [-0.2, -0.15) is 0 Å². The van der Waals surface area contributed by atoms with E-state index in [1.165, 1.54) is 5.56 Å². The fourth-order valence-electron chi connectivity index (χ4n) is 2.56. The quantitative estimate of drug-likeness (QED) is 0.374. The minimum Gasteiger partial charge on any atom is -0.454 e. The molecule has 1 aromatic carbocycles. The number of rotatable bonds is 10. The van der Waals surface area contributed by atoms with Gasteiger partial charge in [0.1, 0.15) is 0 Å². The lowest BCUT2D eigenvalue weighted by molar-refractivity contribution is 0.161. The number of nitrogens with zero attached hydrogens (tertiary/aromatic N) is 2. The van der Waals surface area contributed by atoms with Gasteiger partial charge in [-0.1, -0.05) is 6.07 Å². The summed E-state index contributed by atoms with van der Waals surface area (Å²) in [6, 6.07) is 6.07. The average molecular weight is 350 g/mol. The molecule has 2 rings (SSSR count). The highest BCUT2D eigenvalue weighted by molar-refractivity contribution is 5.79. The van der Waals surface area contributed by atoms with E-state index >= 15 is 0 Å². The second-order valence-electron chi connectivity index (χ2n) is 6.01. The number of likely N-dealkylation sites (N-methyl/N-ethyl adjacent to an activating group) is 1. The summed E-state index contributed by atoms with van der Waals surface area (Å²) in [6.45, 7) is 4.78. The molecule has 7 heteroatoms. The highest BCUT2D eigenvalue weighted by Crippen LogP contribution is 2.32. The zero-order chi connectivity index (χ0) is 17.9. The van der Waals surface area contributed by atoms with E-state index in [-0.39, 0.29) is 0 Å². The molecule has 0 radical (unpaired) electrons. The summed E-state index contributed by atoms with van der Waals surface area (Å²) in [5.41, 5.74) is 1.21. The van der Waals surface area contributed by atoms with Crippen molar-refractivity contribution in [3.05, 3.63) is 23.8 Å². The van der Waals surface area contributed by atoms with Crippen LogP contribution in [0, 0.1) is 0 Å². The number of fused-ring (bicyclic) bond motifs is 1. The first-order valence-electron chi connectivity index (χ1n) is 8.73. The highest BCUT2D eigenvalue weighted by Gasteiger charge is 2.12. The predicted octanol–water partition coefficient (Wildman–Crippen LogP) is 1.09. The molecule has 0 fully saturated rings. The normalized spacial score (nSPS) is 13.4. The maximum absolute atomic E-state index is 5.41. The van der Waals surface area contributed by atoms with Crippen molar-refractivity contribution in [1.29, 1.82) is 0 Å². The number of guanidine groups is 1. The van der Waals surface area contributed by atoms with Gasteiger partial charge in [-0.05, 0) is 44.1 Å². The van der Waals surface area contributed by atoms with Crippen LogP contribution in [0.4, 0.5) is 0 Å². The Kier molecular flexibility index (Phi) is 8.34. The third kappa shape index (κ3) is 6.80. The van der Waals surface area contributed by atoms with Crippen molar-refractivity contribution in [2.45, 2.75) is 12.8 Å². The molecule has 0 aliphatic carbocycles. The van der Waals surface area contributed by atoms with Crippen molar-refractivity contribution < 1.29 is 14.2 Å². The molecule has 0 atom stereocenters. The van der Waals surface area contributed by atoms with Gasteiger partial charge >= 0.3 is 0 Å². The van der Waals surface area contributed by atoms with Crippen LogP contribution in [0.3, 0.4) is 0 Å². The van der Waals surface area contributed by atoms with Gasteiger partial charge in [0.15, 0.2) is 17.5 Å². The van der Waals surface area contributed by atoms with Crippen LogP contribution in [0.25, 0.3) is 0 Å². The van der Waals surface area contributed by atoms with Crippen LogP contribution in [0.5, 0.6) is 11.5 Å². The predicted molar refractivity (Wildman–Crippen MR) is 99.6 cm³/mol. The monoisotopic (exact) mass is 350 g/mol. The van der Waals surface area contributed by atoms with Crippen LogP contribution in [-0.2, 0) is 11.2 Å². The van der Waals surface area contributed by atoms with Crippen molar-refractivity contribution in [2.24, 2.45) is 4.99 Å². The van der Waals surface area contributed by atoms with E-state index in [0.29, 0.717) is 6.79 Å². The van der Waals surface area contributed by atoms with Gasteiger partial charge in [0, 0.05) is 33.8 Å². The standard InChI is InChI=1S/C18H30N4O3/c1-19-18(20-8-4-10-22(2)11-12-23-3)21-9-7-15-5-6-16-17(13-15)25-14-24-16/h5-6,13H,4,7-12,14H2,1-3H3,(H2,19,20,21). The van der Waals surface area contributed by atoms with Crippen molar-refractivity contribution >= 4 is 5.96 Å². The van der Waals surface area contributed by atoms with Gasteiger partial charge < -0.3 is 29.7 Å². The third-order valence-corrected chi connectivity index (χ3v) is 4.05. The molecule has 140 valence electrons. The Morgan fingerprint density at radius 3 is 2.80 bits per heavy atom. The molecule has 0 aromatic heterocycles.